The lowest BCUT2D eigenvalue weighted by Crippen LogP contribution is -2.21. The molecule has 0 heterocycles. The Balaban J connectivity index is 1.89. The highest BCUT2D eigenvalue weighted by atomic mass is 79.9. The first-order valence-electron chi connectivity index (χ1n) is 7.42. The zero-order chi connectivity index (χ0) is 14.5. The highest BCUT2D eigenvalue weighted by Gasteiger charge is 2.19. The van der Waals surface area contributed by atoms with E-state index in [1.54, 1.807) is 0 Å². The Labute approximate surface area is 129 Å². The van der Waals surface area contributed by atoms with Gasteiger partial charge in [-0.25, -0.2) is 0 Å². The highest BCUT2D eigenvalue weighted by molar-refractivity contribution is 9.10. The third-order valence-electron chi connectivity index (χ3n) is 3.97. The van der Waals surface area contributed by atoms with Crippen LogP contribution in [0, 0.1) is 5.92 Å². The molecule has 0 aliphatic heterocycles. The monoisotopic (exact) mass is 341 g/mol. The number of rotatable bonds is 6. The van der Waals surface area contributed by atoms with Gasteiger partial charge in [0.25, 0.3) is 0 Å². The summed E-state index contributed by atoms with van der Waals surface area (Å²) in [5.74, 6) is 1.44. The van der Waals surface area contributed by atoms with E-state index in [4.69, 9.17) is 10.5 Å². The van der Waals surface area contributed by atoms with Crippen LogP contribution in [0.15, 0.2) is 22.7 Å². The first kappa shape index (κ1) is 15.8. The summed E-state index contributed by atoms with van der Waals surface area (Å²) < 4.78 is 6.76. The zero-order valence-electron chi connectivity index (χ0n) is 12.0. The van der Waals surface area contributed by atoms with Gasteiger partial charge in [-0.1, -0.05) is 41.6 Å². The van der Waals surface area contributed by atoms with Crippen molar-refractivity contribution in [1.82, 2.24) is 0 Å². The number of nitrogens with two attached hydrogens (primary N) is 1. The van der Waals surface area contributed by atoms with E-state index >= 15 is 0 Å². The van der Waals surface area contributed by atoms with Gasteiger partial charge in [0.2, 0.25) is 0 Å². The van der Waals surface area contributed by atoms with Gasteiger partial charge in [0.15, 0.2) is 0 Å². The van der Waals surface area contributed by atoms with Crippen molar-refractivity contribution >= 4 is 15.9 Å². The van der Waals surface area contributed by atoms with Gasteiger partial charge in [-0.15, -0.1) is 0 Å². The molecular weight excluding hydrogens is 318 g/mol. The zero-order valence-corrected chi connectivity index (χ0v) is 13.6. The molecule has 0 radical (unpaired) electrons. The standard InChI is InChI=1S/C16H24BrNO2/c1-11(18)15-9-13(17)6-7-16(15)20-10-14(19)8-12-4-2-3-5-12/h6-7,9,11-12,14,19H,2-5,8,10,18H2,1H3/t11-,14?/m0/s1. The van der Waals surface area contributed by atoms with Crippen molar-refractivity contribution in [2.75, 3.05) is 6.61 Å². The van der Waals surface area contributed by atoms with Crippen LogP contribution in [0.2, 0.25) is 0 Å². The lowest BCUT2D eigenvalue weighted by atomic mass is 10.0. The molecule has 1 aromatic carbocycles. The minimum Gasteiger partial charge on any atom is -0.491 e. The van der Waals surface area contributed by atoms with Gasteiger partial charge in [0.05, 0.1) is 6.10 Å². The first-order valence-corrected chi connectivity index (χ1v) is 8.21. The highest BCUT2D eigenvalue weighted by Crippen LogP contribution is 2.30. The molecule has 1 unspecified atom stereocenters. The Morgan fingerprint density at radius 2 is 2.10 bits per heavy atom. The van der Waals surface area contributed by atoms with E-state index in [2.05, 4.69) is 15.9 Å². The van der Waals surface area contributed by atoms with Crippen molar-refractivity contribution in [3.05, 3.63) is 28.2 Å². The lowest BCUT2D eigenvalue weighted by molar-refractivity contribution is 0.0849. The van der Waals surface area contributed by atoms with Crippen molar-refractivity contribution in [1.29, 1.82) is 0 Å². The number of aliphatic hydroxyl groups excluding tert-OH is 1. The topological polar surface area (TPSA) is 55.5 Å². The Bertz CT molecular complexity index is 430. The third kappa shape index (κ3) is 4.47. The predicted molar refractivity (Wildman–Crippen MR) is 84.8 cm³/mol. The second-order valence-corrected chi connectivity index (χ2v) is 6.74. The van der Waals surface area contributed by atoms with Crippen LogP contribution in [0.25, 0.3) is 0 Å². The molecule has 112 valence electrons. The summed E-state index contributed by atoms with van der Waals surface area (Å²) in [6.07, 6.45) is 5.58. The van der Waals surface area contributed by atoms with Gasteiger partial charge in [-0.3, -0.25) is 0 Å². The summed E-state index contributed by atoms with van der Waals surface area (Å²) in [4.78, 5) is 0. The van der Waals surface area contributed by atoms with E-state index in [1.165, 1.54) is 25.7 Å². The second-order valence-electron chi connectivity index (χ2n) is 5.82. The number of benzene rings is 1. The van der Waals surface area contributed by atoms with Crippen LogP contribution in [0.5, 0.6) is 5.75 Å². The Morgan fingerprint density at radius 1 is 1.40 bits per heavy atom. The van der Waals surface area contributed by atoms with Gasteiger partial charge in [0.1, 0.15) is 12.4 Å². The quantitative estimate of drug-likeness (QED) is 0.827. The molecular formula is C16H24BrNO2. The van der Waals surface area contributed by atoms with Crippen LogP contribution in [0.4, 0.5) is 0 Å². The minimum absolute atomic E-state index is 0.0884. The fraction of sp³-hybridized carbons (Fsp3) is 0.625. The summed E-state index contributed by atoms with van der Waals surface area (Å²) >= 11 is 3.44. The van der Waals surface area contributed by atoms with Crippen LogP contribution < -0.4 is 10.5 Å². The maximum absolute atomic E-state index is 10.1. The van der Waals surface area contributed by atoms with Crippen molar-refractivity contribution in [2.24, 2.45) is 11.7 Å². The summed E-state index contributed by atoms with van der Waals surface area (Å²) in [7, 11) is 0. The second kappa shape index (κ2) is 7.43. The van der Waals surface area contributed by atoms with Crippen molar-refractivity contribution in [2.45, 2.75) is 51.2 Å². The molecule has 0 bridgehead atoms. The molecule has 3 nitrogen and oxygen atoms in total. The smallest absolute Gasteiger partial charge is 0.124 e. The van der Waals surface area contributed by atoms with Gasteiger partial charge in [0, 0.05) is 16.1 Å². The van der Waals surface area contributed by atoms with E-state index in [1.807, 2.05) is 25.1 Å². The van der Waals surface area contributed by atoms with E-state index in [9.17, 15) is 5.11 Å². The number of aliphatic hydroxyl groups is 1. The normalized spacial score (nSPS) is 19.0. The number of halogens is 1. The number of ether oxygens (including phenoxy) is 1. The molecule has 1 aromatic rings. The minimum atomic E-state index is -0.386. The molecule has 2 rings (SSSR count). The largest absolute Gasteiger partial charge is 0.491 e. The number of hydrogen-bond donors (Lipinski definition) is 2. The molecule has 3 N–H and O–H groups in total. The van der Waals surface area contributed by atoms with Crippen molar-refractivity contribution in [3.63, 3.8) is 0 Å². The Morgan fingerprint density at radius 3 is 2.75 bits per heavy atom. The summed E-state index contributed by atoms with van der Waals surface area (Å²) in [5.41, 5.74) is 6.92. The molecule has 2 atom stereocenters. The lowest BCUT2D eigenvalue weighted by Gasteiger charge is -2.19. The maximum atomic E-state index is 10.1. The Kier molecular flexibility index (Phi) is 5.87. The van der Waals surface area contributed by atoms with Crippen LogP contribution in [0.3, 0.4) is 0 Å². The Hall–Kier alpha value is -0.580. The fourth-order valence-corrected chi connectivity index (χ4v) is 3.27. The van der Waals surface area contributed by atoms with Crippen LogP contribution in [0.1, 0.15) is 50.6 Å². The van der Waals surface area contributed by atoms with Gasteiger partial charge in [-0.2, -0.15) is 0 Å². The number of hydrogen-bond acceptors (Lipinski definition) is 3. The third-order valence-corrected chi connectivity index (χ3v) is 4.47. The van der Waals surface area contributed by atoms with Crippen LogP contribution in [-0.2, 0) is 0 Å². The molecule has 0 aromatic heterocycles. The van der Waals surface area contributed by atoms with E-state index in [-0.39, 0.29) is 12.1 Å². The molecule has 1 saturated carbocycles. The molecule has 1 fully saturated rings. The van der Waals surface area contributed by atoms with Crippen molar-refractivity contribution < 1.29 is 9.84 Å². The van der Waals surface area contributed by atoms with E-state index < -0.39 is 0 Å². The summed E-state index contributed by atoms with van der Waals surface area (Å²) in [6, 6.07) is 5.73. The molecule has 1 aliphatic carbocycles. The average molecular weight is 342 g/mol. The van der Waals surface area contributed by atoms with E-state index in [0.717, 1.165) is 22.2 Å². The SMILES string of the molecule is C[C@H](N)c1cc(Br)ccc1OCC(O)CC1CCCC1. The molecule has 0 amide bonds. The molecule has 0 saturated heterocycles. The summed E-state index contributed by atoms with van der Waals surface area (Å²) in [6.45, 7) is 2.28. The van der Waals surface area contributed by atoms with Gasteiger partial charge >= 0.3 is 0 Å². The molecule has 1 aliphatic rings. The van der Waals surface area contributed by atoms with Crippen molar-refractivity contribution in [3.8, 4) is 5.75 Å². The molecule has 0 spiro atoms. The fourth-order valence-electron chi connectivity index (χ4n) is 2.89. The maximum Gasteiger partial charge on any atom is 0.124 e. The molecule has 4 heteroatoms. The van der Waals surface area contributed by atoms with E-state index in [0.29, 0.717) is 12.5 Å². The van der Waals surface area contributed by atoms with Gasteiger partial charge in [-0.05, 0) is 37.5 Å². The average Bonchev–Trinajstić information content (AvgIpc) is 2.90. The summed E-state index contributed by atoms with van der Waals surface area (Å²) in [5, 5.41) is 10.1. The van der Waals surface area contributed by atoms with Crippen LogP contribution in [-0.4, -0.2) is 17.8 Å². The van der Waals surface area contributed by atoms with Crippen LogP contribution >= 0.6 is 15.9 Å². The van der Waals surface area contributed by atoms with Gasteiger partial charge < -0.3 is 15.6 Å². The predicted octanol–water partition coefficient (Wildman–Crippen LogP) is 3.79. The molecule has 20 heavy (non-hydrogen) atoms. The first-order chi connectivity index (χ1) is 9.56.